The van der Waals surface area contributed by atoms with Crippen LogP contribution in [0.1, 0.15) is 27.7 Å². The predicted octanol–water partition coefficient (Wildman–Crippen LogP) is 1.15. The Bertz CT molecular complexity index is 771. The first-order chi connectivity index (χ1) is 12.1. The van der Waals surface area contributed by atoms with Crippen LogP contribution in [0.25, 0.3) is 0 Å². The Labute approximate surface area is 146 Å². The zero-order valence-electron chi connectivity index (χ0n) is 14.4. The molecule has 132 valence electrons. The number of benzene rings is 1. The molecule has 3 rings (SSSR count). The number of nitrogens with one attached hydrogen (secondary N) is 1. The molecule has 1 aliphatic rings. The molecule has 1 aromatic carbocycles. The molecule has 0 saturated heterocycles. The van der Waals surface area contributed by atoms with E-state index in [2.05, 4.69) is 10.3 Å². The molecule has 7 heteroatoms. The molecule has 2 amide bonds. The first-order valence-corrected chi connectivity index (χ1v) is 8.23. The van der Waals surface area contributed by atoms with Crippen LogP contribution in [-0.4, -0.2) is 53.1 Å². The fraction of sp³-hybridized carbons (Fsp3) is 0.389. The topological polar surface area (TPSA) is 76.5 Å². The first-order valence-electron chi connectivity index (χ1n) is 8.23. The van der Waals surface area contributed by atoms with Gasteiger partial charge < -0.3 is 19.5 Å². The summed E-state index contributed by atoms with van der Waals surface area (Å²) in [5.41, 5.74) is 2.51. The lowest BCUT2D eigenvalue weighted by Gasteiger charge is -2.33. The van der Waals surface area contributed by atoms with E-state index < -0.39 is 6.04 Å². The Hall–Kier alpha value is -2.67. The molecule has 1 atom stereocenters. The summed E-state index contributed by atoms with van der Waals surface area (Å²) in [6, 6.07) is 6.99. The molecule has 0 bridgehead atoms. The average Bonchev–Trinajstić information content (AvgIpc) is 3.09. The van der Waals surface area contributed by atoms with Crippen molar-refractivity contribution in [3.8, 4) is 0 Å². The van der Waals surface area contributed by atoms with E-state index >= 15 is 0 Å². The van der Waals surface area contributed by atoms with E-state index in [-0.39, 0.29) is 11.8 Å². The summed E-state index contributed by atoms with van der Waals surface area (Å²) in [7, 11) is 1.59. The van der Waals surface area contributed by atoms with E-state index in [1.54, 1.807) is 30.6 Å². The summed E-state index contributed by atoms with van der Waals surface area (Å²) >= 11 is 0. The molecule has 7 nitrogen and oxygen atoms in total. The maximum absolute atomic E-state index is 12.9. The number of rotatable bonds is 5. The average molecular weight is 342 g/mol. The third-order valence-electron chi connectivity index (χ3n) is 4.29. The van der Waals surface area contributed by atoms with Crippen molar-refractivity contribution in [1.82, 2.24) is 19.8 Å². The minimum absolute atomic E-state index is 0.0779. The number of nitrogens with zero attached hydrogens (tertiary/aromatic N) is 3. The second kappa shape index (κ2) is 7.48. The van der Waals surface area contributed by atoms with Crippen molar-refractivity contribution >= 4 is 11.8 Å². The van der Waals surface area contributed by atoms with Gasteiger partial charge >= 0.3 is 0 Å². The van der Waals surface area contributed by atoms with Crippen LogP contribution in [-0.2, 0) is 16.1 Å². The number of fused-ring (bicyclic) bond motifs is 1. The zero-order chi connectivity index (χ0) is 17.8. The third kappa shape index (κ3) is 3.71. The molecule has 25 heavy (non-hydrogen) atoms. The van der Waals surface area contributed by atoms with Crippen LogP contribution in [0.5, 0.6) is 0 Å². The van der Waals surface area contributed by atoms with Gasteiger partial charge in [0.2, 0.25) is 5.91 Å². The Balaban J connectivity index is 1.79. The van der Waals surface area contributed by atoms with Crippen LogP contribution in [0.2, 0.25) is 0 Å². The largest absolute Gasteiger partial charge is 0.383 e. The molecule has 1 aromatic heterocycles. The molecule has 1 unspecified atom stereocenters. The van der Waals surface area contributed by atoms with Crippen LogP contribution in [0.15, 0.2) is 36.8 Å². The molecule has 0 spiro atoms. The maximum atomic E-state index is 12.9. The van der Waals surface area contributed by atoms with Gasteiger partial charge in [-0.3, -0.25) is 9.59 Å². The molecular formula is C18H22N4O3. The molecular weight excluding hydrogens is 320 g/mol. The number of carbonyl (C=O) groups is 2. The Morgan fingerprint density at radius 2 is 2.24 bits per heavy atom. The van der Waals surface area contributed by atoms with Gasteiger partial charge in [0.15, 0.2) is 0 Å². The summed E-state index contributed by atoms with van der Waals surface area (Å²) in [6.07, 6.45) is 3.34. The normalized spacial score (nSPS) is 16.4. The highest BCUT2D eigenvalue weighted by Gasteiger charge is 2.32. The molecule has 1 N–H and O–H groups in total. The monoisotopic (exact) mass is 342 g/mol. The van der Waals surface area contributed by atoms with Gasteiger partial charge in [-0.1, -0.05) is 17.7 Å². The smallest absolute Gasteiger partial charge is 0.254 e. The number of aryl methyl sites for hydroxylation is 1. The highest BCUT2D eigenvalue weighted by Crippen LogP contribution is 2.23. The summed E-state index contributed by atoms with van der Waals surface area (Å²) in [6.45, 7) is 3.58. The number of aromatic nitrogens is 2. The molecule has 0 radical (unpaired) electrons. The van der Waals surface area contributed by atoms with Gasteiger partial charge in [0, 0.05) is 25.4 Å². The summed E-state index contributed by atoms with van der Waals surface area (Å²) in [5.74, 6) is -0.219. The van der Waals surface area contributed by atoms with Gasteiger partial charge in [0.25, 0.3) is 5.91 Å². The number of amides is 2. The first kappa shape index (κ1) is 17.2. The SMILES string of the molecule is COCCNC(=O)C1CN(C(=O)c2cccc(C)c2)Cc2cncn21. The van der Waals surface area contributed by atoms with Gasteiger partial charge in [0.1, 0.15) is 6.04 Å². The Kier molecular flexibility index (Phi) is 5.14. The summed E-state index contributed by atoms with van der Waals surface area (Å²) < 4.78 is 6.80. The van der Waals surface area contributed by atoms with E-state index in [4.69, 9.17) is 4.74 Å². The number of hydrogen-bond donors (Lipinski definition) is 1. The van der Waals surface area contributed by atoms with Crippen LogP contribution < -0.4 is 5.32 Å². The van der Waals surface area contributed by atoms with Gasteiger partial charge in [-0.25, -0.2) is 4.98 Å². The van der Waals surface area contributed by atoms with Crippen molar-refractivity contribution in [2.75, 3.05) is 26.8 Å². The summed E-state index contributed by atoms with van der Waals surface area (Å²) in [5, 5.41) is 2.84. The number of ether oxygens (including phenoxy) is 1. The molecule has 0 fully saturated rings. The van der Waals surface area contributed by atoms with Crippen molar-refractivity contribution in [1.29, 1.82) is 0 Å². The van der Waals surface area contributed by atoms with Crippen LogP contribution in [0.4, 0.5) is 0 Å². The second-order valence-corrected chi connectivity index (χ2v) is 6.15. The van der Waals surface area contributed by atoms with E-state index in [1.165, 1.54) is 0 Å². The quantitative estimate of drug-likeness (QED) is 0.827. The zero-order valence-corrected chi connectivity index (χ0v) is 14.4. The van der Waals surface area contributed by atoms with Gasteiger partial charge in [0.05, 0.1) is 31.7 Å². The highest BCUT2D eigenvalue weighted by molar-refractivity contribution is 5.95. The lowest BCUT2D eigenvalue weighted by Crippen LogP contribution is -2.47. The number of hydrogen-bond acceptors (Lipinski definition) is 4. The van der Waals surface area contributed by atoms with Crippen molar-refractivity contribution in [3.05, 3.63) is 53.6 Å². The third-order valence-corrected chi connectivity index (χ3v) is 4.29. The van der Waals surface area contributed by atoms with Crippen LogP contribution in [0, 0.1) is 6.92 Å². The van der Waals surface area contributed by atoms with Gasteiger partial charge in [-0.05, 0) is 19.1 Å². The van der Waals surface area contributed by atoms with E-state index in [0.29, 0.717) is 31.8 Å². The molecule has 0 saturated carbocycles. The van der Waals surface area contributed by atoms with Gasteiger partial charge in [-0.15, -0.1) is 0 Å². The van der Waals surface area contributed by atoms with Crippen molar-refractivity contribution < 1.29 is 14.3 Å². The minimum Gasteiger partial charge on any atom is -0.383 e. The van der Waals surface area contributed by atoms with E-state index in [1.807, 2.05) is 29.7 Å². The standard InChI is InChI=1S/C18H22N4O3/c1-13-4-3-5-14(8-13)18(24)21-10-15-9-19-12-22(15)16(11-21)17(23)20-6-7-25-2/h3-5,8-9,12,16H,6-7,10-11H2,1-2H3,(H,20,23). The molecule has 1 aliphatic heterocycles. The van der Waals surface area contributed by atoms with Crippen LogP contribution in [0.3, 0.4) is 0 Å². The van der Waals surface area contributed by atoms with Crippen molar-refractivity contribution in [3.63, 3.8) is 0 Å². The number of carbonyl (C=O) groups excluding carboxylic acids is 2. The summed E-state index contributed by atoms with van der Waals surface area (Å²) in [4.78, 5) is 31.2. The fourth-order valence-corrected chi connectivity index (χ4v) is 3.01. The number of methoxy groups -OCH3 is 1. The van der Waals surface area contributed by atoms with Crippen molar-refractivity contribution in [2.24, 2.45) is 0 Å². The molecule has 2 aromatic rings. The van der Waals surface area contributed by atoms with Gasteiger partial charge in [-0.2, -0.15) is 0 Å². The van der Waals surface area contributed by atoms with Crippen molar-refractivity contribution in [2.45, 2.75) is 19.5 Å². The fourth-order valence-electron chi connectivity index (χ4n) is 3.01. The predicted molar refractivity (Wildman–Crippen MR) is 92.1 cm³/mol. The lowest BCUT2D eigenvalue weighted by molar-refractivity contribution is -0.125. The molecule has 0 aliphatic carbocycles. The van der Waals surface area contributed by atoms with Crippen LogP contribution >= 0.6 is 0 Å². The highest BCUT2D eigenvalue weighted by atomic mass is 16.5. The molecule has 2 heterocycles. The Morgan fingerprint density at radius 3 is 3.00 bits per heavy atom. The minimum atomic E-state index is -0.489. The number of imidazole rings is 1. The van der Waals surface area contributed by atoms with E-state index in [9.17, 15) is 9.59 Å². The second-order valence-electron chi connectivity index (χ2n) is 6.15. The van der Waals surface area contributed by atoms with E-state index in [0.717, 1.165) is 11.3 Å². The Morgan fingerprint density at radius 1 is 1.40 bits per heavy atom. The maximum Gasteiger partial charge on any atom is 0.254 e. The lowest BCUT2D eigenvalue weighted by atomic mass is 10.1.